The van der Waals surface area contributed by atoms with Crippen molar-refractivity contribution < 1.29 is 14.3 Å². The van der Waals surface area contributed by atoms with E-state index in [1.165, 1.54) is 0 Å². The van der Waals surface area contributed by atoms with Gasteiger partial charge in [0, 0.05) is 17.8 Å². The van der Waals surface area contributed by atoms with Crippen molar-refractivity contribution >= 4 is 11.6 Å². The number of ether oxygens (including phenoxy) is 2. The lowest BCUT2D eigenvalue weighted by atomic mass is 10.0. The lowest BCUT2D eigenvalue weighted by molar-refractivity contribution is -0.117. The number of nitrogens with zero attached hydrogens (tertiary/aromatic N) is 2. The maximum atomic E-state index is 12.2. The lowest BCUT2D eigenvalue weighted by Crippen LogP contribution is -2.44. The molecule has 1 N–H and O–H groups in total. The summed E-state index contributed by atoms with van der Waals surface area (Å²) < 4.78 is 10.6. The Kier molecular flexibility index (Phi) is 4.49. The first kappa shape index (κ1) is 15.1. The van der Waals surface area contributed by atoms with Crippen LogP contribution in [-0.4, -0.2) is 62.3 Å². The van der Waals surface area contributed by atoms with Gasteiger partial charge < -0.3 is 19.7 Å². The minimum atomic E-state index is 0.000272. The van der Waals surface area contributed by atoms with Crippen LogP contribution in [0.4, 0.5) is 5.69 Å². The molecule has 120 valence electrons. The van der Waals surface area contributed by atoms with Crippen LogP contribution in [0.5, 0.6) is 11.5 Å². The normalized spacial score (nSPS) is 18.7. The molecule has 0 aromatic heterocycles. The fourth-order valence-electron chi connectivity index (χ4n) is 2.97. The van der Waals surface area contributed by atoms with Crippen LogP contribution in [0.15, 0.2) is 18.2 Å². The topological polar surface area (TPSA) is 54.0 Å². The highest BCUT2D eigenvalue weighted by molar-refractivity contribution is 5.92. The van der Waals surface area contributed by atoms with Crippen molar-refractivity contribution in [2.24, 2.45) is 0 Å². The smallest absolute Gasteiger partial charge is 0.238 e. The molecule has 0 unspecified atom stereocenters. The zero-order valence-electron chi connectivity index (χ0n) is 13.2. The van der Waals surface area contributed by atoms with Gasteiger partial charge in [0.05, 0.1) is 6.54 Å². The van der Waals surface area contributed by atoms with Crippen LogP contribution >= 0.6 is 0 Å². The van der Waals surface area contributed by atoms with Gasteiger partial charge in [-0.1, -0.05) is 0 Å². The number of fused-ring (bicyclic) bond motifs is 1. The lowest BCUT2D eigenvalue weighted by Gasteiger charge is -2.34. The third-order valence-electron chi connectivity index (χ3n) is 4.36. The van der Waals surface area contributed by atoms with Gasteiger partial charge in [0.1, 0.15) is 0 Å². The summed E-state index contributed by atoms with van der Waals surface area (Å²) in [4.78, 5) is 16.7. The maximum Gasteiger partial charge on any atom is 0.238 e. The summed E-state index contributed by atoms with van der Waals surface area (Å²) in [5.74, 6) is 1.41. The number of nitrogens with one attached hydrogen (secondary N) is 1. The quantitative estimate of drug-likeness (QED) is 0.911. The third kappa shape index (κ3) is 3.51. The number of hydrogen-bond donors (Lipinski definition) is 1. The van der Waals surface area contributed by atoms with Gasteiger partial charge in [0.2, 0.25) is 12.7 Å². The molecule has 2 heterocycles. The molecule has 0 atom stereocenters. The average molecular weight is 305 g/mol. The molecule has 1 amide bonds. The highest BCUT2D eigenvalue weighted by Gasteiger charge is 2.22. The SMILES string of the molecule is CN1CCC(N(C)CC(=O)Nc2ccc3c(c2)OCO3)CC1. The number of carbonyl (C=O) groups excluding carboxylic acids is 1. The molecule has 2 aliphatic heterocycles. The predicted octanol–water partition coefficient (Wildman–Crippen LogP) is 1.38. The number of likely N-dealkylation sites (tertiary alicyclic amines) is 1. The Morgan fingerprint density at radius 3 is 2.82 bits per heavy atom. The van der Waals surface area contributed by atoms with Crippen molar-refractivity contribution in [3.63, 3.8) is 0 Å². The van der Waals surface area contributed by atoms with Crippen LogP contribution in [0.3, 0.4) is 0 Å². The number of benzene rings is 1. The van der Waals surface area contributed by atoms with Crippen molar-refractivity contribution in [2.75, 3.05) is 45.8 Å². The zero-order chi connectivity index (χ0) is 15.5. The molecule has 6 heteroatoms. The van der Waals surface area contributed by atoms with Gasteiger partial charge in [-0.15, -0.1) is 0 Å². The minimum Gasteiger partial charge on any atom is -0.454 e. The van der Waals surface area contributed by atoms with Gasteiger partial charge in [-0.2, -0.15) is 0 Å². The van der Waals surface area contributed by atoms with Crippen molar-refractivity contribution in [3.8, 4) is 11.5 Å². The van der Waals surface area contributed by atoms with E-state index < -0.39 is 0 Å². The molecule has 0 spiro atoms. The average Bonchev–Trinajstić information content (AvgIpc) is 2.95. The van der Waals surface area contributed by atoms with E-state index in [4.69, 9.17) is 9.47 Å². The van der Waals surface area contributed by atoms with Gasteiger partial charge in [-0.25, -0.2) is 0 Å². The molecule has 0 radical (unpaired) electrons. The van der Waals surface area contributed by atoms with E-state index in [-0.39, 0.29) is 12.7 Å². The molecule has 22 heavy (non-hydrogen) atoms. The first-order valence-corrected chi connectivity index (χ1v) is 7.70. The molecule has 1 fully saturated rings. The van der Waals surface area contributed by atoms with Crippen molar-refractivity contribution in [3.05, 3.63) is 18.2 Å². The van der Waals surface area contributed by atoms with E-state index in [1.54, 1.807) is 6.07 Å². The number of likely N-dealkylation sites (N-methyl/N-ethyl adjacent to an activating group) is 1. The summed E-state index contributed by atoms with van der Waals surface area (Å²) in [6, 6.07) is 5.94. The Morgan fingerprint density at radius 2 is 2.05 bits per heavy atom. The first-order valence-electron chi connectivity index (χ1n) is 7.70. The Bertz CT molecular complexity index is 541. The van der Waals surface area contributed by atoms with E-state index in [0.717, 1.165) is 37.4 Å². The summed E-state index contributed by atoms with van der Waals surface area (Å²) in [6.07, 6.45) is 2.23. The van der Waals surface area contributed by atoms with E-state index in [1.807, 2.05) is 19.2 Å². The van der Waals surface area contributed by atoms with E-state index >= 15 is 0 Å². The number of amides is 1. The molecule has 0 aliphatic carbocycles. The second kappa shape index (κ2) is 6.54. The molecule has 3 rings (SSSR count). The highest BCUT2D eigenvalue weighted by Crippen LogP contribution is 2.34. The van der Waals surface area contributed by atoms with Gasteiger partial charge in [0.15, 0.2) is 11.5 Å². The third-order valence-corrected chi connectivity index (χ3v) is 4.36. The Morgan fingerprint density at radius 1 is 1.32 bits per heavy atom. The zero-order valence-corrected chi connectivity index (χ0v) is 13.2. The van der Waals surface area contributed by atoms with Gasteiger partial charge in [0.25, 0.3) is 0 Å². The van der Waals surface area contributed by atoms with Crippen molar-refractivity contribution in [2.45, 2.75) is 18.9 Å². The maximum absolute atomic E-state index is 12.2. The first-order chi connectivity index (χ1) is 10.6. The van der Waals surface area contributed by atoms with Crippen LogP contribution in [0.1, 0.15) is 12.8 Å². The molecule has 1 saturated heterocycles. The molecule has 6 nitrogen and oxygen atoms in total. The Labute approximate surface area is 131 Å². The van der Waals surface area contributed by atoms with Crippen LogP contribution in [0.25, 0.3) is 0 Å². The number of rotatable bonds is 4. The van der Waals surface area contributed by atoms with Gasteiger partial charge >= 0.3 is 0 Å². The second-order valence-corrected chi connectivity index (χ2v) is 6.07. The summed E-state index contributed by atoms with van der Waals surface area (Å²) in [6.45, 7) is 2.84. The van der Waals surface area contributed by atoms with E-state index in [9.17, 15) is 4.79 Å². The van der Waals surface area contributed by atoms with Crippen molar-refractivity contribution in [1.29, 1.82) is 0 Å². The summed E-state index contributed by atoms with van der Waals surface area (Å²) in [7, 11) is 4.16. The molecular formula is C16H23N3O3. The summed E-state index contributed by atoms with van der Waals surface area (Å²) >= 11 is 0. The van der Waals surface area contributed by atoms with E-state index in [2.05, 4.69) is 22.2 Å². The fourth-order valence-corrected chi connectivity index (χ4v) is 2.97. The van der Waals surface area contributed by atoms with Gasteiger partial charge in [-0.05, 0) is 52.2 Å². The molecule has 1 aromatic rings. The van der Waals surface area contributed by atoms with E-state index in [0.29, 0.717) is 18.3 Å². The Hall–Kier alpha value is -1.79. The molecular weight excluding hydrogens is 282 g/mol. The number of carbonyl (C=O) groups is 1. The predicted molar refractivity (Wildman–Crippen MR) is 84.3 cm³/mol. The molecule has 1 aromatic carbocycles. The summed E-state index contributed by atoms with van der Waals surface area (Å²) in [5.41, 5.74) is 0.742. The second-order valence-electron chi connectivity index (χ2n) is 6.07. The Balaban J connectivity index is 1.51. The number of hydrogen-bond acceptors (Lipinski definition) is 5. The molecule has 2 aliphatic rings. The fraction of sp³-hybridized carbons (Fsp3) is 0.562. The van der Waals surface area contributed by atoms with Gasteiger partial charge in [-0.3, -0.25) is 9.69 Å². The van der Waals surface area contributed by atoms with Crippen molar-refractivity contribution in [1.82, 2.24) is 9.80 Å². The molecule has 0 saturated carbocycles. The van der Waals surface area contributed by atoms with Crippen LogP contribution in [-0.2, 0) is 4.79 Å². The number of piperidine rings is 1. The largest absolute Gasteiger partial charge is 0.454 e. The monoisotopic (exact) mass is 305 g/mol. The standard InChI is InChI=1S/C16H23N3O3/c1-18-7-5-13(6-8-18)19(2)10-16(20)17-12-3-4-14-15(9-12)22-11-21-14/h3-4,9,13H,5-8,10-11H2,1-2H3,(H,17,20). The van der Waals surface area contributed by atoms with Crippen LogP contribution in [0, 0.1) is 0 Å². The number of anilines is 1. The molecule has 0 bridgehead atoms. The summed E-state index contributed by atoms with van der Waals surface area (Å²) in [5, 5.41) is 2.92. The highest BCUT2D eigenvalue weighted by atomic mass is 16.7. The van der Waals surface area contributed by atoms with Crippen LogP contribution < -0.4 is 14.8 Å². The van der Waals surface area contributed by atoms with Crippen LogP contribution in [0.2, 0.25) is 0 Å². The minimum absolute atomic E-state index is 0.000272.